The van der Waals surface area contributed by atoms with E-state index in [2.05, 4.69) is 9.88 Å². The van der Waals surface area contributed by atoms with Crippen LogP contribution in [0.4, 0.5) is 0 Å². The zero-order valence-corrected chi connectivity index (χ0v) is 21.8. The summed E-state index contributed by atoms with van der Waals surface area (Å²) >= 11 is 0. The van der Waals surface area contributed by atoms with Crippen LogP contribution in [0.2, 0.25) is 0 Å². The van der Waals surface area contributed by atoms with Crippen molar-refractivity contribution in [3.63, 3.8) is 0 Å². The summed E-state index contributed by atoms with van der Waals surface area (Å²) < 4.78 is 9.68. The van der Waals surface area contributed by atoms with Gasteiger partial charge in [-0.25, -0.2) is 0 Å². The fourth-order valence-electron chi connectivity index (χ4n) is 5.35. The van der Waals surface area contributed by atoms with Gasteiger partial charge in [0.15, 0.2) is 0 Å². The van der Waals surface area contributed by atoms with Gasteiger partial charge in [0.2, 0.25) is 0 Å². The number of imide groups is 1. The third-order valence-electron chi connectivity index (χ3n) is 7.08. The quantitative estimate of drug-likeness (QED) is 0.315. The summed E-state index contributed by atoms with van der Waals surface area (Å²) in [6.07, 6.45) is 3.87. The monoisotopic (exact) mass is 526 g/mol. The van der Waals surface area contributed by atoms with Crippen molar-refractivity contribution < 1.29 is 14.3 Å². The van der Waals surface area contributed by atoms with Crippen molar-refractivity contribution in [2.45, 2.75) is 13.1 Å². The van der Waals surface area contributed by atoms with Crippen molar-refractivity contribution in [1.29, 1.82) is 0 Å². The fourth-order valence-corrected chi connectivity index (χ4v) is 5.35. The van der Waals surface area contributed by atoms with E-state index in [1.54, 1.807) is 7.11 Å². The summed E-state index contributed by atoms with van der Waals surface area (Å²) in [5.74, 6) is -0.00924. The van der Waals surface area contributed by atoms with E-state index in [9.17, 15) is 9.59 Å². The van der Waals surface area contributed by atoms with E-state index < -0.39 is 5.91 Å². The number of aromatic nitrogens is 2. The average Bonchev–Trinajstić information content (AvgIpc) is 3.54. The van der Waals surface area contributed by atoms with Gasteiger partial charge in [-0.05, 0) is 29.8 Å². The van der Waals surface area contributed by atoms with Crippen LogP contribution in [0, 0.1) is 0 Å². The van der Waals surface area contributed by atoms with Crippen LogP contribution in [0.15, 0.2) is 79.1 Å². The number of carbonyl (C=O) groups is 2. The second kappa shape index (κ2) is 9.85. The normalized spacial score (nSPS) is 13.3. The van der Waals surface area contributed by atoms with Crippen LogP contribution in [0.3, 0.4) is 0 Å². The maximum atomic E-state index is 13.3. The molecule has 0 spiro atoms. The van der Waals surface area contributed by atoms with Gasteiger partial charge in [-0.2, -0.15) is 0 Å². The molecule has 6 rings (SSSR count). The summed E-state index contributed by atoms with van der Waals surface area (Å²) in [6, 6.07) is 21.7. The highest BCUT2D eigenvalue weighted by molar-refractivity contribution is 6.50. The third-order valence-corrected chi connectivity index (χ3v) is 7.08. The summed E-state index contributed by atoms with van der Waals surface area (Å²) in [4.78, 5) is 26.4. The molecule has 3 aromatic carbocycles. The number of nitrogens with one attached hydrogen (secondary N) is 1. The number of rotatable bonds is 6. The maximum absolute atomic E-state index is 13.3. The molecule has 192 valence electrons. The number of para-hydroxylation sites is 2. The number of nitrogens with zero attached hydrogens (tertiary/aromatic N) is 2. The van der Waals surface area contributed by atoms with E-state index in [0.29, 0.717) is 24.2 Å². The average molecular weight is 527 g/mol. The zero-order valence-electron chi connectivity index (χ0n) is 21.0. The van der Waals surface area contributed by atoms with Crippen LogP contribution < -0.4 is 15.8 Å². The van der Waals surface area contributed by atoms with E-state index in [-0.39, 0.29) is 18.3 Å². The Morgan fingerprint density at radius 1 is 0.842 bits per heavy atom. The lowest BCUT2D eigenvalue weighted by Gasteiger charge is -2.12. The van der Waals surface area contributed by atoms with E-state index in [4.69, 9.17) is 10.5 Å². The van der Waals surface area contributed by atoms with Crippen LogP contribution >= 0.6 is 12.4 Å². The molecular weight excluding hydrogens is 500 g/mol. The molecule has 0 unspecified atom stereocenters. The highest BCUT2D eigenvalue weighted by Gasteiger charge is 2.35. The van der Waals surface area contributed by atoms with Crippen LogP contribution in [0.25, 0.3) is 33.0 Å². The van der Waals surface area contributed by atoms with Gasteiger partial charge in [0.05, 0.1) is 24.8 Å². The largest absolute Gasteiger partial charge is 0.496 e. The number of amides is 2. The molecule has 0 radical (unpaired) electrons. The minimum Gasteiger partial charge on any atom is -0.496 e. The standard InChI is InChI=1S/C30H26N4O3.ClH/c1-33-16-22(20-7-3-5-9-24(20)33)27-28(30(36)32-29(27)35)23-17-34(25-10-6-4-8-21(23)25)15-19-13-18(14-31)11-12-26(19)37-2;/h3-13,16-17H,14-15,31H2,1-2H3,(H,32,35,36);1H. The van der Waals surface area contributed by atoms with Gasteiger partial charge >= 0.3 is 0 Å². The lowest BCUT2D eigenvalue weighted by atomic mass is 9.95. The van der Waals surface area contributed by atoms with Gasteiger partial charge in [-0.1, -0.05) is 42.5 Å². The molecule has 0 fully saturated rings. The number of carbonyl (C=O) groups excluding carboxylic acids is 2. The molecule has 2 amide bonds. The predicted molar refractivity (Wildman–Crippen MR) is 152 cm³/mol. The predicted octanol–water partition coefficient (Wildman–Crippen LogP) is 4.64. The van der Waals surface area contributed by atoms with Gasteiger partial charge in [-0.15, -0.1) is 12.4 Å². The lowest BCUT2D eigenvalue weighted by Crippen LogP contribution is -2.22. The zero-order chi connectivity index (χ0) is 25.7. The molecule has 1 aliphatic rings. The Bertz CT molecular complexity index is 1760. The molecule has 0 saturated carbocycles. The molecule has 1 aliphatic heterocycles. The van der Waals surface area contributed by atoms with Crippen molar-refractivity contribution in [3.8, 4) is 5.75 Å². The molecule has 7 nitrogen and oxygen atoms in total. The van der Waals surface area contributed by atoms with Crippen LogP contribution in [-0.2, 0) is 29.7 Å². The molecule has 5 aromatic rings. The first-order valence-electron chi connectivity index (χ1n) is 12.1. The number of hydrogen-bond donors (Lipinski definition) is 2. The van der Waals surface area contributed by atoms with Crippen molar-refractivity contribution in [1.82, 2.24) is 14.5 Å². The first-order chi connectivity index (χ1) is 18.0. The molecule has 0 bridgehead atoms. The minimum absolute atomic E-state index is 0. The first-order valence-corrected chi connectivity index (χ1v) is 12.1. The second-order valence-electron chi connectivity index (χ2n) is 9.24. The molecule has 3 N–H and O–H groups in total. The summed E-state index contributed by atoms with van der Waals surface area (Å²) in [5.41, 5.74) is 12.1. The van der Waals surface area contributed by atoms with Gasteiger partial charge in [0.1, 0.15) is 5.75 Å². The number of methoxy groups -OCH3 is 1. The van der Waals surface area contributed by atoms with Gasteiger partial charge in [-0.3, -0.25) is 14.9 Å². The number of nitrogens with two attached hydrogens (primary N) is 1. The molecular formula is C30H27ClN4O3. The molecule has 8 heteroatoms. The lowest BCUT2D eigenvalue weighted by molar-refractivity contribution is -0.122. The van der Waals surface area contributed by atoms with Crippen LogP contribution in [0.5, 0.6) is 5.75 Å². The highest BCUT2D eigenvalue weighted by Crippen LogP contribution is 2.39. The number of benzene rings is 3. The van der Waals surface area contributed by atoms with E-state index in [1.807, 2.05) is 90.7 Å². The van der Waals surface area contributed by atoms with E-state index in [1.165, 1.54) is 0 Å². The molecule has 0 saturated heterocycles. The number of fused-ring (bicyclic) bond motifs is 2. The topological polar surface area (TPSA) is 91.3 Å². The van der Waals surface area contributed by atoms with Gasteiger partial charge in [0, 0.05) is 64.5 Å². The number of ether oxygens (including phenoxy) is 1. The van der Waals surface area contributed by atoms with Crippen LogP contribution in [-0.4, -0.2) is 28.1 Å². The summed E-state index contributed by atoms with van der Waals surface area (Å²) in [5, 5.41) is 4.36. The first kappa shape index (κ1) is 25.3. The Morgan fingerprint density at radius 3 is 2.11 bits per heavy atom. The van der Waals surface area contributed by atoms with E-state index >= 15 is 0 Å². The van der Waals surface area contributed by atoms with E-state index in [0.717, 1.165) is 49.8 Å². The van der Waals surface area contributed by atoms with Crippen molar-refractivity contribution in [2.75, 3.05) is 7.11 Å². The van der Waals surface area contributed by atoms with Gasteiger partial charge in [0.25, 0.3) is 11.8 Å². The Kier molecular flexibility index (Phi) is 6.57. The van der Waals surface area contributed by atoms with Crippen molar-refractivity contribution in [2.24, 2.45) is 12.8 Å². The number of aryl methyl sites for hydroxylation is 1. The molecule has 38 heavy (non-hydrogen) atoms. The Balaban J connectivity index is 0.00000294. The molecule has 2 aromatic heterocycles. The van der Waals surface area contributed by atoms with Crippen molar-refractivity contribution >= 4 is 57.2 Å². The summed E-state index contributed by atoms with van der Waals surface area (Å²) in [6.45, 7) is 0.947. The molecule has 0 atom stereocenters. The van der Waals surface area contributed by atoms with Crippen molar-refractivity contribution in [3.05, 3.63) is 101 Å². The number of halogens is 1. The highest BCUT2D eigenvalue weighted by atomic mass is 35.5. The second-order valence-corrected chi connectivity index (χ2v) is 9.24. The number of hydrogen-bond acceptors (Lipinski definition) is 4. The van der Waals surface area contributed by atoms with Crippen LogP contribution in [0.1, 0.15) is 22.3 Å². The maximum Gasteiger partial charge on any atom is 0.259 e. The smallest absolute Gasteiger partial charge is 0.259 e. The Hall–Kier alpha value is -4.33. The molecule has 0 aliphatic carbocycles. The third kappa shape index (κ3) is 3.97. The Labute approximate surface area is 225 Å². The van der Waals surface area contributed by atoms with Gasteiger partial charge < -0.3 is 19.6 Å². The molecule has 3 heterocycles. The Morgan fingerprint density at radius 2 is 1.45 bits per heavy atom. The minimum atomic E-state index is -0.390. The SMILES string of the molecule is COc1ccc(CN)cc1Cn1cc(C2=C(c3cn(C)c4ccccc34)C(=O)NC2=O)c2ccccc21.Cl. The fraction of sp³-hybridized carbons (Fsp3) is 0.133. The summed E-state index contributed by atoms with van der Waals surface area (Å²) in [7, 11) is 3.59.